The Labute approximate surface area is 70.0 Å². The molecule has 0 aromatic carbocycles. The minimum Gasteiger partial charge on any atom is -0.314 e. The van der Waals surface area contributed by atoms with E-state index in [1.165, 1.54) is 25.9 Å². The smallest absolute Gasteiger partial charge is 0.0119 e. The summed E-state index contributed by atoms with van der Waals surface area (Å²) in [5, 5.41) is 3.46. The second-order valence-electron chi connectivity index (χ2n) is 3.61. The molecule has 2 atom stereocenters. The lowest BCUT2D eigenvalue weighted by Gasteiger charge is -2.34. The average molecular weight is 156 g/mol. The second kappa shape index (κ2) is 4.07. The Hall–Kier alpha value is -0.0800. The number of hydrogen-bond donors (Lipinski definition) is 1. The fraction of sp³-hybridized carbons (Fsp3) is 1.00. The maximum absolute atomic E-state index is 3.46. The zero-order chi connectivity index (χ0) is 8.27. The predicted molar refractivity (Wildman–Crippen MR) is 48.8 cm³/mol. The molecular weight excluding hydrogens is 136 g/mol. The first kappa shape index (κ1) is 9.01. The van der Waals surface area contributed by atoms with E-state index in [0.717, 1.165) is 6.04 Å². The number of nitrogens with zero attached hydrogens (tertiary/aromatic N) is 1. The van der Waals surface area contributed by atoms with Gasteiger partial charge >= 0.3 is 0 Å². The summed E-state index contributed by atoms with van der Waals surface area (Å²) in [6, 6.07) is 1.53. The van der Waals surface area contributed by atoms with Gasteiger partial charge in [0.25, 0.3) is 0 Å². The van der Waals surface area contributed by atoms with Crippen molar-refractivity contribution < 1.29 is 0 Å². The number of rotatable bonds is 2. The molecule has 0 amide bonds. The summed E-state index contributed by atoms with van der Waals surface area (Å²) in [6.45, 7) is 6.87. The molecule has 1 aliphatic rings. The number of nitrogens with one attached hydrogen (secondary N) is 1. The third kappa shape index (κ3) is 2.46. The second-order valence-corrected chi connectivity index (χ2v) is 3.61. The Morgan fingerprint density at radius 3 is 2.82 bits per heavy atom. The Balaban J connectivity index is 2.33. The molecule has 0 spiro atoms. The highest BCUT2D eigenvalue weighted by molar-refractivity contribution is 4.80. The van der Waals surface area contributed by atoms with Gasteiger partial charge in [0.2, 0.25) is 0 Å². The van der Waals surface area contributed by atoms with E-state index in [-0.39, 0.29) is 0 Å². The third-order valence-electron chi connectivity index (χ3n) is 2.72. The molecule has 1 fully saturated rings. The fourth-order valence-electron chi connectivity index (χ4n) is 1.76. The molecule has 66 valence electrons. The molecule has 0 saturated carbocycles. The molecule has 1 N–H and O–H groups in total. The van der Waals surface area contributed by atoms with Crippen molar-refractivity contribution in [2.75, 3.05) is 20.1 Å². The number of piperidine rings is 1. The first-order valence-corrected chi connectivity index (χ1v) is 4.67. The van der Waals surface area contributed by atoms with Gasteiger partial charge in [-0.2, -0.15) is 0 Å². The van der Waals surface area contributed by atoms with E-state index in [4.69, 9.17) is 0 Å². The molecule has 1 saturated heterocycles. The summed E-state index contributed by atoms with van der Waals surface area (Å²) in [5.74, 6) is 0. The number of hydrogen-bond acceptors (Lipinski definition) is 2. The standard InChI is InChI=1S/C9H20N2/c1-4-11(3)9-5-6-10-8(2)7-9/h8-10H,4-7H2,1-3H3. The van der Waals surface area contributed by atoms with Crippen LogP contribution in [-0.2, 0) is 0 Å². The molecule has 1 heterocycles. The summed E-state index contributed by atoms with van der Waals surface area (Å²) < 4.78 is 0. The Bertz CT molecular complexity index is 114. The first-order chi connectivity index (χ1) is 5.24. The van der Waals surface area contributed by atoms with Crippen LogP contribution in [0.1, 0.15) is 26.7 Å². The van der Waals surface area contributed by atoms with E-state index in [0.29, 0.717) is 6.04 Å². The maximum atomic E-state index is 3.46. The summed E-state index contributed by atoms with van der Waals surface area (Å²) in [5.41, 5.74) is 0. The predicted octanol–water partition coefficient (Wildman–Crippen LogP) is 1.08. The molecule has 1 aliphatic heterocycles. The van der Waals surface area contributed by atoms with Gasteiger partial charge in [0.05, 0.1) is 0 Å². The van der Waals surface area contributed by atoms with Gasteiger partial charge in [-0.05, 0) is 39.9 Å². The lowest BCUT2D eigenvalue weighted by molar-refractivity contribution is 0.187. The van der Waals surface area contributed by atoms with Crippen molar-refractivity contribution in [3.8, 4) is 0 Å². The van der Waals surface area contributed by atoms with Crippen molar-refractivity contribution in [3.05, 3.63) is 0 Å². The van der Waals surface area contributed by atoms with Crippen molar-refractivity contribution in [1.82, 2.24) is 10.2 Å². The topological polar surface area (TPSA) is 15.3 Å². The summed E-state index contributed by atoms with van der Waals surface area (Å²) in [6.07, 6.45) is 2.62. The van der Waals surface area contributed by atoms with Gasteiger partial charge in [0.1, 0.15) is 0 Å². The third-order valence-corrected chi connectivity index (χ3v) is 2.72. The largest absolute Gasteiger partial charge is 0.314 e. The Morgan fingerprint density at radius 1 is 1.55 bits per heavy atom. The van der Waals surface area contributed by atoms with Crippen LogP contribution >= 0.6 is 0 Å². The summed E-state index contributed by atoms with van der Waals surface area (Å²) >= 11 is 0. The van der Waals surface area contributed by atoms with Gasteiger partial charge in [-0.15, -0.1) is 0 Å². The molecule has 11 heavy (non-hydrogen) atoms. The molecular formula is C9H20N2. The van der Waals surface area contributed by atoms with Crippen molar-refractivity contribution in [1.29, 1.82) is 0 Å². The lowest BCUT2D eigenvalue weighted by atomic mass is 9.99. The minimum atomic E-state index is 0.711. The molecule has 2 nitrogen and oxygen atoms in total. The van der Waals surface area contributed by atoms with E-state index in [2.05, 4.69) is 31.1 Å². The van der Waals surface area contributed by atoms with E-state index < -0.39 is 0 Å². The molecule has 0 aromatic rings. The average Bonchev–Trinajstić information content (AvgIpc) is 2.03. The zero-order valence-corrected chi connectivity index (χ0v) is 7.93. The summed E-state index contributed by atoms with van der Waals surface area (Å²) in [7, 11) is 2.22. The van der Waals surface area contributed by atoms with Crippen molar-refractivity contribution in [2.24, 2.45) is 0 Å². The molecule has 0 radical (unpaired) electrons. The molecule has 0 bridgehead atoms. The molecule has 2 heteroatoms. The van der Waals surface area contributed by atoms with Crippen LogP contribution in [0.2, 0.25) is 0 Å². The molecule has 2 unspecified atom stereocenters. The van der Waals surface area contributed by atoms with Crippen LogP contribution in [-0.4, -0.2) is 37.1 Å². The van der Waals surface area contributed by atoms with Crippen LogP contribution in [0.25, 0.3) is 0 Å². The zero-order valence-electron chi connectivity index (χ0n) is 7.93. The van der Waals surface area contributed by atoms with Crippen LogP contribution in [0.15, 0.2) is 0 Å². The SMILES string of the molecule is CCN(C)C1CCNC(C)C1. The van der Waals surface area contributed by atoms with Crippen LogP contribution in [0.3, 0.4) is 0 Å². The highest BCUT2D eigenvalue weighted by Crippen LogP contribution is 2.13. The van der Waals surface area contributed by atoms with Gasteiger partial charge < -0.3 is 10.2 Å². The quantitative estimate of drug-likeness (QED) is 0.643. The van der Waals surface area contributed by atoms with Gasteiger partial charge in [0.15, 0.2) is 0 Å². The molecule has 1 rings (SSSR count). The lowest BCUT2D eigenvalue weighted by Crippen LogP contribution is -2.45. The summed E-state index contributed by atoms with van der Waals surface area (Å²) in [4.78, 5) is 2.46. The van der Waals surface area contributed by atoms with Crippen LogP contribution in [0.5, 0.6) is 0 Å². The van der Waals surface area contributed by atoms with E-state index in [1.54, 1.807) is 0 Å². The van der Waals surface area contributed by atoms with E-state index in [9.17, 15) is 0 Å². The highest BCUT2D eigenvalue weighted by atomic mass is 15.1. The van der Waals surface area contributed by atoms with Crippen molar-refractivity contribution in [2.45, 2.75) is 38.8 Å². The first-order valence-electron chi connectivity index (χ1n) is 4.67. The van der Waals surface area contributed by atoms with Crippen LogP contribution in [0, 0.1) is 0 Å². The van der Waals surface area contributed by atoms with Gasteiger partial charge in [-0.25, -0.2) is 0 Å². The van der Waals surface area contributed by atoms with Gasteiger partial charge in [0, 0.05) is 12.1 Å². The van der Waals surface area contributed by atoms with E-state index >= 15 is 0 Å². The maximum Gasteiger partial charge on any atom is 0.0119 e. The monoisotopic (exact) mass is 156 g/mol. The van der Waals surface area contributed by atoms with Crippen molar-refractivity contribution >= 4 is 0 Å². The molecule has 0 aromatic heterocycles. The van der Waals surface area contributed by atoms with Crippen molar-refractivity contribution in [3.63, 3.8) is 0 Å². The minimum absolute atomic E-state index is 0.711. The van der Waals surface area contributed by atoms with Crippen LogP contribution in [0.4, 0.5) is 0 Å². The molecule has 0 aliphatic carbocycles. The normalized spacial score (nSPS) is 32.7. The van der Waals surface area contributed by atoms with Gasteiger partial charge in [-0.1, -0.05) is 6.92 Å². The fourth-order valence-corrected chi connectivity index (χ4v) is 1.76. The van der Waals surface area contributed by atoms with Crippen LogP contribution < -0.4 is 5.32 Å². The van der Waals surface area contributed by atoms with E-state index in [1.807, 2.05) is 0 Å². The Morgan fingerprint density at radius 2 is 2.27 bits per heavy atom. The Kier molecular flexibility index (Phi) is 3.34. The van der Waals surface area contributed by atoms with Gasteiger partial charge in [-0.3, -0.25) is 0 Å². The highest BCUT2D eigenvalue weighted by Gasteiger charge is 2.20.